The average molecular weight is 279 g/mol. The number of hydrogen-bond donors (Lipinski definition) is 0. The minimum atomic E-state index is 1.29. The van der Waals surface area contributed by atoms with Gasteiger partial charge in [-0.05, 0) is 32.7 Å². The van der Waals surface area contributed by atoms with Crippen LogP contribution in [0.4, 0.5) is 0 Å². The van der Waals surface area contributed by atoms with Crippen molar-refractivity contribution in [1.29, 1.82) is 0 Å². The molecule has 0 aliphatic rings. The minimum Gasteiger partial charge on any atom is -0.0872 e. The SMILES string of the molecule is C[B]c1ccc(-c2cccc3ccccc23)c2ccccc12. The second kappa shape index (κ2) is 5.34. The molecule has 4 aromatic rings. The molecule has 0 nitrogen and oxygen atoms in total. The molecule has 0 heterocycles. The Bertz CT molecular complexity index is 964. The molecule has 0 aliphatic heterocycles. The van der Waals surface area contributed by atoms with Gasteiger partial charge in [0.25, 0.3) is 0 Å². The summed E-state index contributed by atoms with van der Waals surface area (Å²) in [6.07, 6.45) is 0. The van der Waals surface area contributed by atoms with E-state index < -0.39 is 0 Å². The Kier molecular flexibility index (Phi) is 3.19. The molecule has 0 aromatic heterocycles. The van der Waals surface area contributed by atoms with Crippen LogP contribution in [-0.2, 0) is 0 Å². The summed E-state index contributed by atoms with van der Waals surface area (Å²) in [7, 11) is 2.18. The van der Waals surface area contributed by atoms with E-state index in [1.165, 1.54) is 38.1 Å². The fourth-order valence-corrected chi connectivity index (χ4v) is 3.27. The maximum atomic E-state index is 2.25. The molecule has 1 heteroatoms. The predicted octanol–water partition coefficient (Wildman–Crippen LogP) is 5.04. The lowest BCUT2D eigenvalue weighted by molar-refractivity contribution is 1.69. The molecule has 0 unspecified atom stereocenters. The normalized spacial score (nSPS) is 11.0. The topological polar surface area (TPSA) is 0 Å². The van der Waals surface area contributed by atoms with E-state index in [-0.39, 0.29) is 0 Å². The standard InChI is InChI=1S/C21H16B/c1-22-21-14-13-19(18-10-4-5-11-20(18)21)17-12-6-8-15-7-2-3-9-16(15)17/h2-14H,1H3. The van der Waals surface area contributed by atoms with Gasteiger partial charge in [-0.25, -0.2) is 0 Å². The van der Waals surface area contributed by atoms with E-state index in [0.29, 0.717) is 0 Å². The molecule has 0 aliphatic carbocycles. The van der Waals surface area contributed by atoms with Gasteiger partial charge < -0.3 is 0 Å². The van der Waals surface area contributed by atoms with E-state index in [4.69, 9.17) is 0 Å². The van der Waals surface area contributed by atoms with E-state index in [1.807, 2.05) is 0 Å². The smallest absolute Gasteiger partial charge is 0.0872 e. The summed E-state index contributed by atoms with van der Waals surface area (Å²) < 4.78 is 0. The number of benzene rings is 4. The van der Waals surface area contributed by atoms with E-state index in [2.05, 4.69) is 93.0 Å². The summed E-state index contributed by atoms with van der Waals surface area (Å²) in [4.78, 5) is 0. The molecule has 0 saturated heterocycles. The van der Waals surface area contributed by atoms with Gasteiger partial charge in [0.05, 0.1) is 0 Å². The molecule has 0 spiro atoms. The van der Waals surface area contributed by atoms with Crippen molar-refractivity contribution < 1.29 is 0 Å². The van der Waals surface area contributed by atoms with Crippen molar-refractivity contribution in [3.05, 3.63) is 78.9 Å². The average Bonchev–Trinajstić information content (AvgIpc) is 2.60. The Morgan fingerprint density at radius 2 is 1.18 bits per heavy atom. The third-order valence-corrected chi connectivity index (χ3v) is 4.35. The molecule has 0 fully saturated rings. The molecular formula is C21H16B. The maximum absolute atomic E-state index is 2.25. The van der Waals surface area contributed by atoms with Crippen molar-refractivity contribution in [2.24, 2.45) is 0 Å². The van der Waals surface area contributed by atoms with Crippen LogP contribution in [0, 0.1) is 0 Å². The van der Waals surface area contributed by atoms with Crippen LogP contribution in [0.1, 0.15) is 0 Å². The van der Waals surface area contributed by atoms with Crippen LogP contribution in [-0.4, -0.2) is 7.28 Å². The summed E-state index contributed by atoms with van der Waals surface area (Å²) in [5, 5.41) is 5.23. The van der Waals surface area contributed by atoms with Crippen LogP contribution in [0.5, 0.6) is 0 Å². The van der Waals surface area contributed by atoms with Gasteiger partial charge in [0.15, 0.2) is 0 Å². The van der Waals surface area contributed by atoms with Crippen LogP contribution in [0.15, 0.2) is 78.9 Å². The Morgan fingerprint density at radius 3 is 2.00 bits per heavy atom. The largest absolute Gasteiger partial charge is 0.149 e. The Hall–Kier alpha value is -2.54. The predicted molar refractivity (Wildman–Crippen MR) is 98.1 cm³/mol. The van der Waals surface area contributed by atoms with E-state index in [0.717, 1.165) is 0 Å². The van der Waals surface area contributed by atoms with Gasteiger partial charge in [-0.1, -0.05) is 91.1 Å². The highest BCUT2D eigenvalue weighted by atomic mass is 14.1. The molecular weight excluding hydrogens is 263 g/mol. The minimum absolute atomic E-state index is 1.29. The van der Waals surface area contributed by atoms with Crippen molar-refractivity contribution in [2.75, 3.05) is 0 Å². The van der Waals surface area contributed by atoms with E-state index in [1.54, 1.807) is 0 Å². The van der Waals surface area contributed by atoms with Crippen molar-refractivity contribution in [3.63, 3.8) is 0 Å². The van der Waals surface area contributed by atoms with Crippen LogP contribution in [0.2, 0.25) is 6.82 Å². The van der Waals surface area contributed by atoms with Gasteiger partial charge in [0.1, 0.15) is 7.28 Å². The van der Waals surface area contributed by atoms with Crippen LogP contribution in [0.25, 0.3) is 32.7 Å². The maximum Gasteiger partial charge on any atom is 0.149 e. The summed E-state index contributed by atoms with van der Waals surface area (Å²) in [5.74, 6) is 0. The summed E-state index contributed by atoms with van der Waals surface area (Å²) >= 11 is 0. The highest BCUT2D eigenvalue weighted by Gasteiger charge is 2.09. The molecule has 0 atom stereocenters. The molecule has 4 rings (SSSR count). The van der Waals surface area contributed by atoms with Crippen LogP contribution >= 0.6 is 0 Å². The van der Waals surface area contributed by atoms with E-state index >= 15 is 0 Å². The zero-order valence-electron chi connectivity index (χ0n) is 12.6. The summed E-state index contributed by atoms with van der Waals surface area (Å²) in [5.41, 5.74) is 3.90. The Balaban J connectivity index is 2.09. The first kappa shape index (κ1) is 13.2. The quantitative estimate of drug-likeness (QED) is 0.451. The van der Waals surface area contributed by atoms with Crippen LogP contribution in [0.3, 0.4) is 0 Å². The molecule has 1 radical (unpaired) electrons. The first-order valence-corrected chi connectivity index (χ1v) is 7.68. The highest BCUT2D eigenvalue weighted by molar-refractivity contribution is 6.56. The van der Waals surface area contributed by atoms with Crippen molar-refractivity contribution in [2.45, 2.75) is 6.82 Å². The van der Waals surface area contributed by atoms with Gasteiger partial charge in [0, 0.05) is 0 Å². The molecule has 22 heavy (non-hydrogen) atoms. The van der Waals surface area contributed by atoms with E-state index in [9.17, 15) is 0 Å². The van der Waals surface area contributed by atoms with Crippen molar-refractivity contribution in [1.82, 2.24) is 0 Å². The van der Waals surface area contributed by atoms with Gasteiger partial charge in [-0.2, -0.15) is 0 Å². The lowest BCUT2D eigenvalue weighted by atomic mass is 9.70. The molecule has 0 saturated carbocycles. The van der Waals surface area contributed by atoms with Gasteiger partial charge >= 0.3 is 0 Å². The van der Waals surface area contributed by atoms with Gasteiger partial charge in [-0.15, -0.1) is 0 Å². The van der Waals surface area contributed by atoms with Crippen molar-refractivity contribution >= 4 is 34.3 Å². The molecule has 0 bridgehead atoms. The molecule has 0 amide bonds. The van der Waals surface area contributed by atoms with Gasteiger partial charge in [0.2, 0.25) is 0 Å². The molecule has 4 aromatic carbocycles. The lowest BCUT2D eigenvalue weighted by Gasteiger charge is -2.12. The Morgan fingerprint density at radius 1 is 0.545 bits per heavy atom. The monoisotopic (exact) mass is 279 g/mol. The zero-order valence-corrected chi connectivity index (χ0v) is 12.6. The third kappa shape index (κ3) is 2.02. The third-order valence-electron chi connectivity index (χ3n) is 4.35. The Labute approximate surface area is 131 Å². The van der Waals surface area contributed by atoms with Crippen molar-refractivity contribution in [3.8, 4) is 11.1 Å². The fourth-order valence-electron chi connectivity index (χ4n) is 3.27. The zero-order chi connectivity index (χ0) is 14.9. The number of fused-ring (bicyclic) bond motifs is 2. The second-order valence-electron chi connectivity index (χ2n) is 5.56. The first-order chi connectivity index (χ1) is 10.9. The molecule has 103 valence electrons. The first-order valence-electron chi connectivity index (χ1n) is 7.68. The highest BCUT2D eigenvalue weighted by Crippen LogP contribution is 2.33. The number of hydrogen-bond acceptors (Lipinski definition) is 0. The second-order valence-corrected chi connectivity index (χ2v) is 5.56. The molecule has 0 N–H and O–H groups in total. The summed E-state index contributed by atoms with van der Waals surface area (Å²) in [6, 6.07) is 28.3. The van der Waals surface area contributed by atoms with Gasteiger partial charge in [-0.3, -0.25) is 0 Å². The summed E-state index contributed by atoms with van der Waals surface area (Å²) in [6.45, 7) is 2.10. The lowest BCUT2D eigenvalue weighted by Crippen LogP contribution is -2.11. The number of rotatable bonds is 2. The van der Waals surface area contributed by atoms with Crippen LogP contribution < -0.4 is 5.46 Å². The fraction of sp³-hybridized carbons (Fsp3) is 0.0476.